The minimum atomic E-state index is -1.14. The summed E-state index contributed by atoms with van der Waals surface area (Å²) >= 11 is 16.9. The van der Waals surface area contributed by atoms with Crippen molar-refractivity contribution in [2.45, 2.75) is 41.9 Å². The van der Waals surface area contributed by atoms with Crippen molar-refractivity contribution < 1.29 is 0 Å². The van der Waals surface area contributed by atoms with Crippen molar-refractivity contribution in [3.8, 4) is 0 Å². The maximum absolute atomic E-state index is 5.62. The van der Waals surface area contributed by atoms with Gasteiger partial charge in [-0.15, -0.1) is 0 Å². The molecule has 1 nitrogen and oxygen atoms in total. The van der Waals surface area contributed by atoms with Crippen LogP contribution in [0.5, 0.6) is 0 Å². The van der Waals surface area contributed by atoms with Crippen LogP contribution in [0.15, 0.2) is 0 Å². The van der Waals surface area contributed by atoms with Crippen LogP contribution in [0, 0.1) is 0 Å². The molecule has 0 radical (unpaired) electrons. The monoisotopic (exact) mass is 229 g/mol. The van der Waals surface area contributed by atoms with Crippen LogP contribution < -0.4 is 5.32 Å². The molecule has 0 aromatic carbocycles. The van der Waals surface area contributed by atoms with E-state index in [-0.39, 0.29) is 0 Å². The number of halogens is 3. The summed E-state index contributed by atoms with van der Waals surface area (Å²) in [6.07, 6.45) is 6.41. The first-order valence-corrected chi connectivity index (χ1v) is 5.51. The van der Waals surface area contributed by atoms with Gasteiger partial charge in [-0.05, 0) is 12.8 Å². The van der Waals surface area contributed by atoms with E-state index in [1.807, 2.05) is 0 Å². The van der Waals surface area contributed by atoms with Crippen LogP contribution in [0.2, 0.25) is 0 Å². The summed E-state index contributed by atoms with van der Waals surface area (Å²) in [7, 11) is 0. The molecule has 0 bridgehead atoms. The van der Waals surface area contributed by atoms with E-state index < -0.39 is 3.79 Å². The van der Waals surface area contributed by atoms with E-state index in [1.54, 1.807) is 0 Å². The fourth-order valence-corrected chi connectivity index (χ4v) is 1.80. The molecule has 1 fully saturated rings. The Morgan fingerprint density at radius 3 is 2.17 bits per heavy atom. The van der Waals surface area contributed by atoms with Crippen LogP contribution in [-0.2, 0) is 0 Å². The second kappa shape index (κ2) is 4.90. The minimum Gasteiger partial charge on any atom is -0.310 e. The average Bonchev–Trinajstić information content (AvgIpc) is 2.02. The molecule has 0 unspecified atom stereocenters. The van der Waals surface area contributed by atoms with E-state index >= 15 is 0 Å². The standard InChI is InChI=1S/C8H14Cl3N/c9-8(10,11)6-12-7-4-2-1-3-5-7/h7,12H,1-6H2. The summed E-state index contributed by atoms with van der Waals surface area (Å²) in [5.74, 6) is 0. The maximum atomic E-state index is 5.62. The molecular formula is C8H14Cl3N. The first-order valence-electron chi connectivity index (χ1n) is 4.38. The van der Waals surface area contributed by atoms with Crippen LogP contribution in [0.4, 0.5) is 0 Å². The molecule has 1 saturated carbocycles. The van der Waals surface area contributed by atoms with Gasteiger partial charge in [0.05, 0.1) is 0 Å². The Labute approximate surface area is 88.7 Å². The molecule has 0 spiro atoms. The lowest BCUT2D eigenvalue weighted by Crippen LogP contribution is -2.36. The van der Waals surface area contributed by atoms with E-state index in [9.17, 15) is 0 Å². The molecule has 1 aliphatic rings. The summed E-state index contributed by atoms with van der Waals surface area (Å²) in [5, 5.41) is 3.27. The largest absolute Gasteiger partial charge is 0.310 e. The molecule has 1 aliphatic carbocycles. The lowest BCUT2D eigenvalue weighted by molar-refractivity contribution is 0.376. The average molecular weight is 231 g/mol. The molecule has 0 aromatic heterocycles. The van der Waals surface area contributed by atoms with Gasteiger partial charge < -0.3 is 5.32 Å². The molecule has 0 atom stereocenters. The SMILES string of the molecule is ClC(Cl)(Cl)CNC1CCCCC1. The van der Waals surface area contributed by atoms with Gasteiger partial charge in [0.25, 0.3) is 0 Å². The smallest absolute Gasteiger partial charge is 0.202 e. The fraction of sp³-hybridized carbons (Fsp3) is 1.00. The third-order valence-corrected chi connectivity index (χ3v) is 2.60. The van der Waals surface area contributed by atoms with Crippen molar-refractivity contribution in [3.05, 3.63) is 0 Å². The Kier molecular flexibility index (Phi) is 4.45. The molecule has 1 N–H and O–H groups in total. The zero-order valence-electron chi connectivity index (χ0n) is 6.95. The van der Waals surface area contributed by atoms with Crippen LogP contribution in [0.3, 0.4) is 0 Å². The summed E-state index contributed by atoms with van der Waals surface area (Å²) in [6, 6.07) is 0.564. The molecule has 1 rings (SSSR count). The predicted octanol–water partition coefficient (Wildman–Crippen LogP) is 3.28. The van der Waals surface area contributed by atoms with Gasteiger partial charge in [0.15, 0.2) is 0 Å². The topological polar surface area (TPSA) is 12.0 Å². The Hall–Kier alpha value is 0.830. The van der Waals surface area contributed by atoms with Crippen molar-refractivity contribution in [2.24, 2.45) is 0 Å². The van der Waals surface area contributed by atoms with Crippen molar-refractivity contribution in [1.82, 2.24) is 5.32 Å². The molecule has 0 heterocycles. The minimum absolute atomic E-state index is 0.461. The molecule has 0 amide bonds. The van der Waals surface area contributed by atoms with Crippen molar-refractivity contribution in [3.63, 3.8) is 0 Å². The number of rotatable bonds is 2. The molecule has 72 valence electrons. The molecule has 12 heavy (non-hydrogen) atoms. The third kappa shape index (κ3) is 4.76. The lowest BCUT2D eigenvalue weighted by Gasteiger charge is -2.24. The van der Waals surface area contributed by atoms with E-state index in [1.165, 1.54) is 32.1 Å². The van der Waals surface area contributed by atoms with E-state index in [0.29, 0.717) is 12.6 Å². The first-order chi connectivity index (χ1) is 5.58. The molecular weight excluding hydrogens is 216 g/mol. The Bertz CT molecular complexity index is 127. The highest BCUT2D eigenvalue weighted by Gasteiger charge is 2.21. The van der Waals surface area contributed by atoms with Crippen LogP contribution in [0.25, 0.3) is 0 Å². The first kappa shape index (κ1) is 10.9. The normalized spacial score (nSPS) is 21.2. The van der Waals surface area contributed by atoms with Gasteiger partial charge >= 0.3 is 0 Å². The van der Waals surface area contributed by atoms with E-state index in [4.69, 9.17) is 34.8 Å². The highest BCUT2D eigenvalue weighted by molar-refractivity contribution is 6.67. The quantitative estimate of drug-likeness (QED) is 0.718. The van der Waals surface area contributed by atoms with Gasteiger partial charge in [0.1, 0.15) is 0 Å². The highest BCUT2D eigenvalue weighted by atomic mass is 35.6. The van der Waals surface area contributed by atoms with Gasteiger partial charge in [0, 0.05) is 12.6 Å². The zero-order valence-corrected chi connectivity index (χ0v) is 9.22. The van der Waals surface area contributed by atoms with E-state index in [0.717, 1.165) is 0 Å². The van der Waals surface area contributed by atoms with Crippen molar-refractivity contribution in [2.75, 3.05) is 6.54 Å². The predicted molar refractivity (Wildman–Crippen MR) is 55.2 cm³/mol. The number of alkyl halides is 3. The van der Waals surface area contributed by atoms with Gasteiger partial charge in [-0.2, -0.15) is 0 Å². The highest BCUT2D eigenvalue weighted by Crippen LogP contribution is 2.26. The van der Waals surface area contributed by atoms with E-state index in [2.05, 4.69) is 5.32 Å². The molecule has 4 heteroatoms. The fourth-order valence-electron chi connectivity index (χ4n) is 1.57. The third-order valence-electron chi connectivity index (χ3n) is 2.20. The van der Waals surface area contributed by atoms with Gasteiger partial charge in [-0.25, -0.2) is 0 Å². The maximum Gasteiger partial charge on any atom is 0.202 e. The van der Waals surface area contributed by atoms with Crippen LogP contribution in [-0.4, -0.2) is 16.4 Å². The lowest BCUT2D eigenvalue weighted by atomic mass is 9.96. The number of hydrogen-bond acceptors (Lipinski definition) is 1. The van der Waals surface area contributed by atoms with Gasteiger partial charge in [-0.3, -0.25) is 0 Å². The molecule has 0 aliphatic heterocycles. The second-order valence-electron chi connectivity index (χ2n) is 3.33. The summed E-state index contributed by atoms with van der Waals surface area (Å²) in [5.41, 5.74) is 0. The van der Waals surface area contributed by atoms with Crippen LogP contribution >= 0.6 is 34.8 Å². The number of nitrogens with one attached hydrogen (secondary N) is 1. The number of hydrogen-bond donors (Lipinski definition) is 1. The zero-order chi connectivity index (χ0) is 9.03. The Morgan fingerprint density at radius 2 is 1.67 bits per heavy atom. The molecule has 0 aromatic rings. The Balaban J connectivity index is 2.13. The summed E-state index contributed by atoms with van der Waals surface area (Å²) in [6.45, 7) is 0.461. The Morgan fingerprint density at radius 1 is 1.08 bits per heavy atom. The van der Waals surface area contributed by atoms with Gasteiger partial charge in [-0.1, -0.05) is 54.1 Å². The second-order valence-corrected chi connectivity index (χ2v) is 5.85. The van der Waals surface area contributed by atoms with Crippen LogP contribution in [0.1, 0.15) is 32.1 Å². The van der Waals surface area contributed by atoms with Gasteiger partial charge in [0.2, 0.25) is 3.79 Å². The summed E-state index contributed by atoms with van der Waals surface area (Å²) < 4.78 is -1.14. The van der Waals surface area contributed by atoms with Crippen molar-refractivity contribution >= 4 is 34.8 Å². The molecule has 0 saturated heterocycles. The summed E-state index contributed by atoms with van der Waals surface area (Å²) in [4.78, 5) is 0. The van der Waals surface area contributed by atoms with Crippen molar-refractivity contribution in [1.29, 1.82) is 0 Å².